The van der Waals surface area contributed by atoms with E-state index in [1.165, 1.54) is 24.3 Å². The predicted octanol–water partition coefficient (Wildman–Crippen LogP) is 2.93. The van der Waals surface area contributed by atoms with E-state index >= 15 is 4.39 Å². The van der Waals surface area contributed by atoms with Crippen molar-refractivity contribution in [1.29, 1.82) is 0 Å². The summed E-state index contributed by atoms with van der Waals surface area (Å²) in [7, 11) is -9.84. The lowest BCUT2D eigenvalue weighted by Gasteiger charge is -2.30. The first-order valence-electron chi connectivity index (χ1n) is 8.01. The van der Waals surface area contributed by atoms with Gasteiger partial charge in [-0.2, -0.15) is 0 Å². The van der Waals surface area contributed by atoms with Gasteiger partial charge in [-0.25, -0.2) is 21.2 Å². The molecule has 0 heterocycles. The lowest BCUT2D eigenvalue weighted by atomic mass is 10.1. The van der Waals surface area contributed by atoms with Crippen LogP contribution in [0.5, 0.6) is 0 Å². The Balaban J connectivity index is 2.26. The smallest absolute Gasteiger partial charge is 0.300 e. The average Bonchev–Trinajstić information content (AvgIpc) is 3.09. The molecule has 2 aromatic rings. The summed E-state index contributed by atoms with van der Waals surface area (Å²) < 4.78 is 65.1. The van der Waals surface area contributed by atoms with Crippen LogP contribution in [-0.2, 0) is 24.5 Å². The molecule has 1 fully saturated rings. The van der Waals surface area contributed by atoms with Gasteiger partial charge in [0.1, 0.15) is 5.78 Å². The van der Waals surface area contributed by atoms with Crippen LogP contribution in [0.25, 0.3) is 0 Å². The molecule has 0 N–H and O–H groups in total. The minimum absolute atomic E-state index is 0.0367. The number of Topliss-reactive ketones (excluding diaryl/α,β-unsaturated/α-hetero) is 1. The van der Waals surface area contributed by atoms with Crippen LogP contribution in [0.2, 0.25) is 0 Å². The molecule has 1 saturated carbocycles. The normalized spacial score (nSPS) is 18.8. The van der Waals surface area contributed by atoms with Crippen molar-refractivity contribution >= 4 is 25.5 Å². The van der Waals surface area contributed by atoms with Crippen molar-refractivity contribution in [3.05, 3.63) is 60.7 Å². The molecule has 0 saturated heterocycles. The van der Waals surface area contributed by atoms with Crippen LogP contribution in [-0.4, -0.2) is 27.0 Å². The molecule has 2 aromatic carbocycles. The Morgan fingerprint density at radius 3 is 1.58 bits per heavy atom. The maximum Gasteiger partial charge on any atom is 0.320 e. The molecule has 5 nitrogen and oxygen atoms in total. The van der Waals surface area contributed by atoms with Gasteiger partial charge in [-0.3, -0.25) is 4.79 Å². The van der Waals surface area contributed by atoms with Crippen molar-refractivity contribution < 1.29 is 26.0 Å². The number of sulfone groups is 2. The number of ketones is 1. The number of carbonyl (C=O) groups excluding carboxylic acids is 1. The predicted molar refractivity (Wildman–Crippen MR) is 93.4 cm³/mol. The fourth-order valence-electron chi connectivity index (χ4n) is 3.21. The highest BCUT2D eigenvalue weighted by molar-refractivity contribution is 8.10. The van der Waals surface area contributed by atoms with Gasteiger partial charge in [-0.1, -0.05) is 36.4 Å². The van der Waals surface area contributed by atoms with Gasteiger partial charge in [0.25, 0.3) is 0 Å². The highest BCUT2D eigenvalue weighted by Gasteiger charge is 2.63. The van der Waals surface area contributed by atoms with Gasteiger partial charge in [0, 0.05) is 18.8 Å². The minimum atomic E-state index is -4.92. The summed E-state index contributed by atoms with van der Waals surface area (Å²) >= 11 is 0. The number of benzene rings is 2. The van der Waals surface area contributed by atoms with E-state index in [-0.39, 0.29) is 18.6 Å². The molecule has 1 atom stereocenters. The maximum atomic E-state index is 16.3. The fourth-order valence-corrected chi connectivity index (χ4v) is 7.90. The highest BCUT2D eigenvalue weighted by atomic mass is 32.3. The summed E-state index contributed by atoms with van der Waals surface area (Å²) in [6.07, 6.45) is -0.590. The van der Waals surface area contributed by atoms with Crippen molar-refractivity contribution in [2.45, 2.75) is 33.4 Å². The number of rotatable bonds is 5. The third kappa shape index (κ3) is 2.77. The molecule has 8 heteroatoms. The highest BCUT2D eigenvalue weighted by Crippen LogP contribution is 2.47. The number of hydrogen-bond acceptors (Lipinski definition) is 5. The monoisotopic (exact) mass is 396 g/mol. The van der Waals surface area contributed by atoms with Crippen LogP contribution >= 0.6 is 0 Å². The van der Waals surface area contributed by atoms with E-state index in [0.717, 1.165) is 24.3 Å². The van der Waals surface area contributed by atoms with Crippen LogP contribution in [0.15, 0.2) is 70.5 Å². The Morgan fingerprint density at radius 2 is 1.23 bits per heavy atom. The molecule has 0 aromatic heterocycles. The molecule has 0 unspecified atom stereocenters. The first-order chi connectivity index (χ1) is 12.2. The summed E-state index contributed by atoms with van der Waals surface area (Å²) in [6, 6.07) is 13.3. The first-order valence-corrected chi connectivity index (χ1v) is 11.0. The number of halogens is 1. The largest absolute Gasteiger partial charge is 0.320 e. The zero-order chi connectivity index (χ0) is 19.0. The Bertz CT molecular complexity index is 946. The van der Waals surface area contributed by atoms with Gasteiger partial charge in [0.15, 0.2) is 0 Å². The summed E-state index contributed by atoms with van der Waals surface area (Å²) in [5.41, 5.74) is 0. The van der Waals surface area contributed by atoms with Crippen molar-refractivity contribution in [2.75, 3.05) is 0 Å². The Hall–Kier alpha value is -2.06. The standard InChI is InChI=1S/C18H17FO5S2/c19-18(14-11-12-15(20)13-14,25(21,22)16-7-3-1-4-8-16)26(23,24)17-9-5-2-6-10-17/h1-10,14H,11-13H2/t14-/m0/s1. The summed E-state index contributed by atoms with van der Waals surface area (Å²) in [5, 5.41) is 0. The molecule has 3 rings (SSSR count). The van der Waals surface area contributed by atoms with Crippen LogP contribution < -0.4 is 0 Å². The SMILES string of the molecule is O=C1CC[C@H](C(F)(S(=O)(=O)c2ccccc2)S(=O)(=O)c2ccccc2)C1. The average molecular weight is 396 g/mol. The van der Waals surface area contributed by atoms with Gasteiger partial charge in [0.05, 0.1) is 9.79 Å². The molecular weight excluding hydrogens is 379 g/mol. The van der Waals surface area contributed by atoms with Gasteiger partial charge < -0.3 is 0 Å². The van der Waals surface area contributed by atoms with Crippen LogP contribution in [0.3, 0.4) is 0 Å². The molecule has 0 aliphatic heterocycles. The van der Waals surface area contributed by atoms with Gasteiger partial charge in [-0.15, -0.1) is 0 Å². The molecule has 0 radical (unpaired) electrons. The second kappa shape index (κ2) is 6.59. The summed E-state index contributed by atoms with van der Waals surface area (Å²) in [5.74, 6) is -1.80. The maximum absolute atomic E-state index is 16.3. The van der Waals surface area contributed by atoms with Crippen molar-refractivity contribution in [1.82, 2.24) is 0 Å². The van der Waals surface area contributed by atoms with Crippen molar-refractivity contribution in [2.24, 2.45) is 5.92 Å². The van der Waals surface area contributed by atoms with E-state index < -0.39 is 46.1 Å². The van der Waals surface area contributed by atoms with Crippen LogP contribution in [0.4, 0.5) is 4.39 Å². The molecule has 1 aliphatic carbocycles. The van der Waals surface area contributed by atoms with E-state index in [2.05, 4.69) is 0 Å². The summed E-state index contributed by atoms with van der Waals surface area (Å²) in [6.45, 7) is 0. The Kier molecular flexibility index (Phi) is 4.74. The lowest BCUT2D eigenvalue weighted by molar-refractivity contribution is -0.117. The van der Waals surface area contributed by atoms with Gasteiger partial charge in [0.2, 0.25) is 19.7 Å². The molecule has 138 valence electrons. The lowest BCUT2D eigenvalue weighted by Crippen LogP contribution is -2.48. The Labute approximate surface area is 151 Å². The van der Waals surface area contributed by atoms with E-state index in [4.69, 9.17) is 0 Å². The van der Waals surface area contributed by atoms with E-state index in [0.29, 0.717) is 0 Å². The summed E-state index contributed by atoms with van der Waals surface area (Å²) in [4.78, 5) is 10.8. The van der Waals surface area contributed by atoms with Gasteiger partial charge >= 0.3 is 4.33 Å². The number of carbonyl (C=O) groups is 1. The zero-order valence-electron chi connectivity index (χ0n) is 13.7. The first kappa shape index (κ1) is 18.7. The zero-order valence-corrected chi connectivity index (χ0v) is 15.3. The molecule has 0 amide bonds. The Morgan fingerprint density at radius 1 is 0.808 bits per heavy atom. The van der Waals surface area contributed by atoms with E-state index in [9.17, 15) is 21.6 Å². The van der Waals surface area contributed by atoms with Crippen molar-refractivity contribution in [3.63, 3.8) is 0 Å². The van der Waals surface area contributed by atoms with E-state index in [1.807, 2.05) is 0 Å². The second-order valence-electron chi connectivity index (χ2n) is 6.19. The second-order valence-corrected chi connectivity index (χ2v) is 10.6. The minimum Gasteiger partial charge on any atom is -0.300 e. The third-order valence-electron chi connectivity index (χ3n) is 4.57. The number of alkyl halides is 1. The molecule has 0 bridgehead atoms. The third-order valence-corrected chi connectivity index (χ3v) is 9.81. The molecule has 26 heavy (non-hydrogen) atoms. The molecular formula is C18H17FO5S2. The molecule has 0 spiro atoms. The van der Waals surface area contributed by atoms with Crippen LogP contribution in [0.1, 0.15) is 19.3 Å². The topological polar surface area (TPSA) is 85.3 Å². The quantitative estimate of drug-likeness (QED) is 0.776. The van der Waals surface area contributed by atoms with Crippen LogP contribution in [0, 0.1) is 5.92 Å². The van der Waals surface area contributed by atoms with Gasteiger partial charge in [-0.05, 0) is 30.7 Å². The van der Waals surface area contributed by atoms with E-state index in [1.54, 1.807) is 12.1 Å². The molecule has 1 aliphatic rings. The fraction of sp³-hybridized carbons (Fsp3) is 0.278. The number of hydrogen-bond donors (Lipinski definition) is 0. The van der Waals surface area contributed by atoms with Crippen molar-refractivity contribution in [3.8, 4) is 0 Å².